The summed E-state index contributed by atoms with van der Waals surface area (Å²) in [6.45, 7) is 0.201. The number of carbonyl (C=O) groups excluding carboxylic acids is 1. The molecular formula is C24H23FN4O3S. The number of hydrogen-bond donors (Lipinski definition) is 3. The van der Waals surface area contributed by atoms with E-state index in [-0.39, 0.29) is 23.9 Å². The van der Waals surface area contributed by atoms with Crippen molar-refractivity contribution in [3.63, 3.8) is 0 Å². The summed E-state index contributed by atoms with van der Waals surface area (Å²) in [5.41, 5.74) is 3.95. The number of rotatable bonds is 9. The van der Waals surface area contributed by atoms with Crippen molar-refractivity contribution in [2.45, 2.75) is 17.7 Å². The number of H-pyrrole nitrogens is 1. The maximum atomic E-state index is 12.9. The Labute approximate surface area is 191 Å². The summed E-state index contributed by atoms with van der Waals surface area (Å²) in [6.07, 6.45) is 4.55. The van der Waals surface area contributed by atoms with Crippen molar-refractivity contribution in [1.82, 2.24) is 20.0 Å². The van der Waals surface area contributed by atoms with Gasteiger partial charge in [-0.3, -0.25) is 4.79 Å². The number of aromatic nitrogens is 2. The number of pyridine rings is 1. The van der Waals surface area contributed by atoms with Gasteiger partial charge in [-0.25, -0.2) is 22.5 Å². The number of halogens is 1. The maximum Gasteiger partial charge on any atom is 0.240 e. The molecule has 0 saturated carbocycles. The van der Waals surface area contributed by atoms with Crippen molar-refractivity contribution >= 4 is 27.0 Å². The highest BCUT2D eigenvalue weighted by Gasteiger charge is 2.13. The molecule has 0 fully saturated rings. The van der Waals surface area contributed by atoms with Gasteiger partial charge in [-0.1, -0.05) is 24.3 Å². The van der Waals surface area contributed by atoms with Crippen molar-refractivity contribution < 1.29 is 17.6 Å². The molecule has 0 aliphatic heterocycles. The van der Waals surface area contributed by atoms with E-state index in [0.29, 0.717) is 12.8 Å². The van der Waals surface area contributed by atoms with Gasteiger partial charge in [0.2, 0.25) is 15.9 Å². The van der Waals surface area contributed by atoms with E-state index in [1.807, 2.05) is 42.7 Å². The Hall–Kier alpha value is -3.56. The van der Waals surface area contributed by atoms with Crippen LogP contribution in [0, 0.1) is 5.82 Å². The van der Waals surface area contributed by atoms with Crippen LogP contribution in [0.3, 0.4) is 0 Å². The Morgan fingerprint density at radius 2 is 1.73 bits per heavy atom. The number of sulfonamides is 1. The van der Waals surface area contributed by atoms with Crippen molar-refractivity contribution in [1.29, 1.82) is 0 Å². The molecule has 1 amide bonds. The minimum absolute atomic E-state index is 0.0255. The van der Waals surface area contributed by atoms with Crippen LogP contribution in [0.15, 0.2) is 78.0 Å². The molecule has 4 aromatic rings. The molecule has 0 aliphatic carbocycles. The van der Waals surface area contributed by atoms with E-state index in [1.165, 1.54) is 12.1 Å². The zero-order valence-corrected chi connectivity index (χ0v) is 18.5. The predicted octanol–water partition coefficient (Wildman–Crippen LogP) is 3.40. The van der Waals surface area contributed by atoms with Crippen molar-refractivity contribution in [3.05, 3.63) is 84.4 Å². The molecule has 3 N–H and O–H groups in total. The van der Waals surface area contributed by atoms with Crippen LogP contribution in [0.5, 0.6) is 0 Å². The van der Waals surface area contributed by atoms with Crippen LogP contribution in [0.25, 0.3) is 22.2 Å². The van der Waals surface area contributed by atoms with Gasteiger partial charge in [0.15, 0.2) is 0 Å². The molecule has 0 spiro atoms. The average molecular weight is 467 g/mol. The summed E-state index contributed by atoms with van der Waals surface area (Å²) in [6, 6.07) is 16.6. The van der Waals surface area contributed by atoms with Crippen molar-refractivity contribution in [2.75, 3.05) is 13.1 Å². The predicted molar refractivity (Wildman–Crippen MR) is 124 cm³/mol. The van der Waals surface area contributed by atoms with Crippen LogP contribution in [-0.2, 0) is 21.2 Å². The molecule has 2 aromatic carbocycles. The fourth-order valence-corrected chi connectivity index (χ4v) is 4.42. The Morgan fingerprint density at radius 1 is 0.970 bits per heavy atom. The van der Waals surface area contributed by atoms with Crippen molar-refractivity contribution in [2.24, 2.45) is 0 Å². The molecule has 170 valence electrons. The maximum absolute atomic E-state index is 12.9. The van der Waals surface area contributed by atoms with E-state index in [9.17, 15) is 17.6 Å². The lowest BCUT2D eigenvalue weighted by atomic mass is 10.0. The molecule has 9 heteroatoms. The number of fused-ring (bicyclic) bond motifs is 1. The van der Waals surface area contributed by atoms with Gasteiger partial charge >= 0.3 is 0 Å². The number of hydrogen-bond acceptors (Lipinski definition) is 4. The number of carbonyl (C=O) groups is 1. The lowest BCUT2D eigenvalue weighted by Crippen LogP contribution is -2.34. The monoisotopic (exact) mass is 466 g/mol. The zero-order chi connectivity index (χ0) is 23.3. The summed E-state index contributed by atoms with van der Waals surface area (Å²) < 4.78 is 39.6. The molecule has 0 aliphatic rings. The zero-order valence-electron chi connectivity index (χ0n) is 17.7. The molecule has 0 bridgehead atoms. The minimum atomic E-state index is -3.74. The highest BCUT2D eigenvalue weighted by atomic mass is 32.2. The SMILES string of the molecule is O=C(CCc1ccc(-c2cnc3[nH]ccc3c2)cc1)NCCNS(=O)(=O)c1ccc(F)cc1. The van der Waals surface area contributed by atoms with Crippen LogP contribution in [0.2, 0.25) is 0 Å². The highest BCUT2D eigenvalue weighted by Crippen LogP contribution is 2.23. The molecule has 0 unspecified atom stereocenters. The van der Waals surface area contributed by atoms with Crippen LogP contribution in [-0.4, -0.2) is 37.4 Å². The van der Waals surface area contributed by atoms with Gasteiger partial charge in [0.25, 0.3) is 0 Å². The van der Waals surface area contributed by atoms with E-state index >= 15 is 0 Å². The first-order chi connectivity index (χ1) is 15.9. The molecule has 7 nitrogen and oxygen atoms in total. The Balaban J connectivity index is 1.21. The lowest BCUT2D eigenvalue weighted by Gasteiger charge is -2.08. The summed E-state index contributed by atoms with van der Waals surface area (Å²) in [7, 11) is -3.74. The normalized spacial score (nSPS) is 11.5. The van der Waals surface area contributed by atoms with E-state index in [4.69, 9.17) is 0 Å². The molecule has 2 heterocycles. The highest BCUT2D eigenvalue weighted by molar-refractivity contribution is 7.89. The molecule has 0 atom stereocenters. The van der Waals surface area contributed by atoms with E-state index in [1.54, 1.807) is 0 Å². The van der Waals surface area contributed by atoms with Crippen LogP contribution in [0.4, 0.5) is 4.39 Å². The van der Waals surface area contributed by atoms with Crippen molar-refractivity contribution in [3.8, 4) is 11.1 Å². The Kier molecular flexibility index (Phi) is 6.81. The summed E-state index contributed by atoms with van der Waals surface area (Å²) in [4.78, 5) is 19.5. The number of aromatic amines is 1. The van der Waals surface area contributed by atoms with Gasteiger partial charge in [0.1, 0.15) is 11.5 Å². The van der Waals surface area contributed by atoms with Crippen LogP contribution >= 0.6 is 0 Å². The quantitative estimate of drug-likeness (QED) is 0.329. The van der Waals surface area contributed by atoms with E-state index in [0.717, 1.165) is 39.9 Å². The second kappa shape index (κ2) is 9.93. The van der Waals surface area contributed by atoms with E-state index in [2.05, 4.69) is 26.1 Å². The number of benzene rings is 2. The van der Waals surface area contributed by atoms with Crippen LogP contribution < -0.4 is 10.0 Å². The topological polar surface area (TPSA) is 104 Å². The summed E-state index contributed by atoms with van der Waals surface area (Å²) >= 11 is 0. The van der Waals surface area contributed by atoms with Gasteiger partial charge in [-0.2, -0.15) is 0 Å². The third kappa shape index (κ3) is 5.82. The summed E-state index contributed by atoms with van der Waals surface area (Å²) in [5.74, 6) is -0.673. The molecule has 4 rings (SSSR count). The number of nitrogens with zero attached hydrogens (tertiary/aromatic N) is 1. The first-order valence-electron chi connectivity index (χ1n) is 10.5. The van der Waals surface area contributed by atoms with Gasteiger partial charge in [0.05, 0.1) is 4.90 Å². The number of amides is 1. The minimum Gasteiger partial charge on any atom is -0.355 e. The second-order valence-corrected chi connectivity index (χ2v) is 9.31. The fraction of sp³-hybridized carbons (Fsp3) is 0.167. The number of nitrogens with one attached hydrogen (secondary N) is 3. The third-order valence-electron chi connectivity index (χ3n) is 5.19. The molecule has 0 radical (unpaired) electrons. The molecule has 33 heavy (non-hydrogen) atoms. The van der Waals surface area contributed by atoms with Gasteiger partial charge in [-0.15, -0.1) is 0 Å². The average Bonchev–Trinajstić information content (AvgIpc) is 3.29. The first kappa shape index (κ1) is 22.6. The van der Waals surface area contributed by atoms with Crippen LogP contribution in [0.1, 0.15) is 12.0 Å². The molecular weight excluding hydrogens is 443 g/mol. The standard InChI is InChI=1S/C24H23FN4O3S/c25-21-6-8-22(9-7-21)33(31,32)29-14-13-26-23(30)10-3-17-1-4-18(5-2-17)20-15-19-11-12-27-24(19)28-16-20/h1-2,4-9,11-12,15-16,29H,3,10,13-14H2,(H,26,30)(H,27,28). The fourth-order valence-electron chi connectivity index (χ4n) is 3.39. The van der Waals surface area contributed by atoms with Gasteiger partial charge in [-0.05, 0) is 53.9 Å². The third-order valence-corrected chi connectivity index (χ3v) is 6.67. The van der Waals surface area contributed by atoms with Gasteiger partial charge < -0.3 is 10.3 Å². The molecule has 2 aromatic heterocycles. The number of aryl methyl sites for hydroxylation is 1. The summed E-state index contributed by atoms with van der Waals surface area (Å²) in [5, 5.41) is 3.75. The largest absolute Gasteiger partial charge is 0.355 e. The lowest BCUT2D eigenvalue weighted by molar-refractivity contribution is -0.121. The Bertz CT molecular complexity index is 1350. The first-order valence-corrected chi connectivity index (χ1v) is 11.9. The molecule has 0 saturated heterocycles. The second-order valence-electron chi connectivity index (χ2n) is 7.54. The Morgan fingerprint density at radius 3 is 2.48 bits per heavy atom. The smallest absolute Gasteiger partial charge is 0.240 e. The van der Waals surface area contributed by atoms with Gasteiger partial charge in [0, 0.05) is 42.9 Å². The van der Waals surface area contributed by atoms with E-state index < -0.39 is 15.8 Å².